The number of anilines is 2. The maximum atomic E-state index is 12.9. The first-order valence-corrected chi connectivity index (χ1v) is 11.5. The minimum absolute atomic E-state index is 0.0323. The lowest BCUT2D eigenvalue weighted by molar-refractivity contribution is -0.137. The summed E-state index contributed by atoms with van der Waals surface area (Å²) in [5.74, 6) is -0.411. The molecule has 3 aromatic rings. The number of carbonyl (C=O) groups is 2. The van der Waals surface area contributed by atoms with Crippen LogP contribution in [-0.2, 0) is 28.7 Å². The molecule has 0 aliphatic heterocycles. The van der Waals surface area contributed by atoms with Gasteiger partial charge in [-0.1, -0.05) is 35.5 Å². The van der Waals surface area contributed by atoms with Crippen LogP contribution in [0.1, 0.15) is 23.9 Å². The lowest BCUT2D eigenvalue weighted by Gasteiger charge is -2.10. The molecular formula is C22H21ClF3N5O2S. The van der Waals surface area contributed by atoms with E-state index in [0.717, 1.165) is 29.5 Å². The molecule has 7 nitrogen and oxygen atoms in total. The molecule has 2 N–H and O–H groups in total. The van der Waals surface area contributed by atoms with E-state index < -0.39 is 17.6 Å². The first-order valence-electron chi connectivity index (χ1n) is 10.1. The summed E-state index contributed by atoms with van der Waals surface area (Å²) in [6, 6.07) is 9.60. The monoisotopic (exact) mass is 511 g/mol. The van der Waals surface area contributed by atoms with E-state index in [0.29, 0.717) is 28.2 Å². The van der Waals surface area contributed by atoms with Crippen LogP contribution in [-0.4, -0.2) is 32.3 Å². The van der Waals surface area contributed by atoms with Crippen molar-refractivity contribution in [2.24, 2.45) is 0 Å². The molecule has 0 saturated carbocycles. The highest BCUT2D eigenvalue weighted by atomic mass is 35.5. The standard InChI is InChI=1S/C22H21ClF3N5O2S/c1-3-31-18(11-19(32)27-15-6-4-5-14(9-15)22(24,25)26)29-30-21(31)34-12-20(33)28-16-8-7-13(2)17(23)10-16/h4-10H,3,11-12H2,1-2H3,(H,27,32)(H,28,33). The number of aromatic nitrogens is 3. The molecule has 0 spiro atoms. The van der Waals surface area contributed by atoms with Gasteiger partial charge in [-0.25, -0.2) is 0 Å². The number of hydrogen-bond donors (Lipinski definition) is 2. The molecule has 0 aliphatic carbocycles. The van der Waals surface area contributed by atoms with E-state index >= 15 is 0 Å². The van der Waals surface area contributed by atoms with Crippen molar-refractivity contribution in [3.8, 4) is 0 Å². The van der Waals surface area contributed by atoms with Crippen LogP contribution in [0.3, 0.4) is 0 Å². The van der Waals surface area contributed by atoms with Crippen molar-refractivity contribution in [3.63, 3.8) is 0 Å². The molecule has 0 bridgehead atoms. The highest BCUT2D eigenvalue weighted by molar-refractivity contribution is 7.99. The smallest absolute Gasteiger partial charge is 0.326 e. The Balaban J connectivity index is 1.59. The molecule has 0 fully saturated rings. The molecule has 0 saturated heterocycles. The second-order valence-corrected chi connectivity index (χ2v) is 8.60. The van der Waals surface area contributed by atoms with Gasteiger partial charge in [0.15, 0.2) is 5.16 Å². The van der Waals surface area contributed by atoms with Crippen molar-refractivity contribution in [1.82, 2.24) is 14.8 Å². The molecule has 3 rings (SSSR count). The third kappa shape index (κ3) is 6.73. The summed E-state index contributed by atoms with van der Waals surface area (Å²) in [6.07, 6.45) is -4.70. The summed E-state index contributed by atoms with van der Waals surface area (Å²) in [5.41, 5.74) is 0.650. The van der Waals surface area contributed by atoms with E-state index in [9.17, 15) is 22.8 Å². The van der Waals surface area contributed by atoms with Crippen LogP contribution in [0.2, 0.25) is 5.02 Å². The third-order valence-corrected chi connectivity index (χ3v) is 6.06. The molecule has 0 unspecified atom stereocenters. The van der Waals surface area contributed by atoms with Gasteiger partial charge in [0.2, 0.25) is 11.8 Å². The van der Waals surface area contributed by atoms with Crippen molar-refractivity contribution in [2.75, 3.05) is 16.4 Å². The van der Waals surface area contributed by atoms with Gasteiger partial charge in [0, 0.05) is 22.9 Å². The Kier molecular flexibility index (Phi) is 8.21. The van der Waals surface area contributed by atoms with Crippen LogP contribution >= 0.6 is 23.4 Å². The van der Waals surface area contributed by atoms with E-state index in [-0.39, 0.29) is 23.8 Å². The summed E-state index contributed by atoms with van der Waals surface area (Å²) in [6.45, 7) is 4.13. The number of thioether (sulfide) groups is 1. The number of amides is 2. The molecule has 2 amide bonds. The number of halogens is 4. The van der Waals surface area contributed by atoms with Crippen LogP contribution in [0.4, 0.5) is 24.5 Å². The number of carbonyl (C=O) groups excluding carboxylic acids is 2. The molecule has 12 heteroatoms. The molecule has 0 aliphatic rings. The van der Waals surface area contributed by atoms with E-state index in [2.05, 4.69) is 20.8 Å². The lowest BCUT2D eigenvalue weighted by Crippen LogP contribution is -2.18. The van der Waals surface area contributed by atoms with E-state index in [4.69, 9.17) is 11.6 Å². The molecule has 1 heterocycles. The van der Waals surface area contributed by atoms with Crippen molar-refractivity contribution >= 4 is 46.6 Å². The summed E-state index contributed by atoms with van der Waals surface area (Å²) in [4.78, 5) is 24.7. The summed E-state index contributed by atoms with van der Waals surface area (Å²) < 4.78 is 40.3. The fraction of sp³-hybridized carbons (Fsp3) is 0.273. The Morgan fingerprint density at radius 1 is 1.06 bits per heavy atom. The molecular weight excluding hydrogens is 491 g/mol. The second-order valence-electron chi connectivity index (χ2n) is 7.25. The van der Waals surface area contributed by atoms with Crippen molar-refractivity contribution in [1.29, 1.82) is 0 Å². The predicted molar refractivity (Wildman–Crippen MR) is 125 cm³/mol. The predicted octanol–water partition coefficient (Wildman–Crippen LogP) is 5.19. The molecule has 0 radical (unpaired) electrons. The third-order valence-electron chi connectivity index (χ3n) is 4.69. The number of rotatable bonds is 8. The van der Waals surface area contributed by atoms with Crippen LogP contribution in [0.15, 0.2) is 47.6 Å². The van der Waals surface area contributed by atoms with Gasteiger partial charge in [0.1, 0.15) is 5.82 Å². The molecule has 2 aromatic carbocycles. The maximum absolute atomic E-state index is 12.9. The van der Waals surface area contributed by atoms with Gasteiger partial charge < -0.3 is 15.2 Å². The topological polar surface area (TPSA) is 88.9 Å². The molecule has 34 heavy (non-hydrogen) atoms. The number of aryl methyl sites for hydroxylation is 1. The Morgan fingerprint density at radius 3 is 2.44 bits per heavy atom. The van der Waals surface area contributed by atoms with E-state index in [1.54, 1.807) is 22.8 Å². The average molecular weight is 512 g/mol. The summed E-state index contributed by atoms with van der Waals surface area (Å²) >= 11 is 7.22. The Hall–Kier alpha value is -3.05. The zero-order valence-corrected chi connectivity index (χ0v) is 19.8. The first-order chi connectivity index (χ1) is 16.1. The van der Waals surface area contributed by atoms with Gasteiger partial charge in [0.05, 0.1) is 17.7 Å². The summed E-state index contributed by atoms with van der Waals surface area (Å²) in [7, 11) is 0. The second kappa shape index (κ2) is 10.9. The Morgan fingerprint density at radius 2 is 1.76 bits per heavy atom. The van der Waals surface area contributed by atoms with E-state index in [1.807, 2.05) is 13.8 Å². The van der Waals surface area contributed by atoms with Gasteiger partial charge >= 0.3 is 6.18 Å². The van der Waals surface area contributed by atoms with Crippen molar-refractivity contribution in [2.45, 2.75) is 38.1 Å². The highest BCUT2D eigenvalue weighted by Gasteiger charge is 2.30. The number of benzene rings is 2. The van der Waals surface area contributed by atoms with E-state index in [1.165, 1.54) is 12.1 Å². The van der Waals surface area contributed by atoms with Gasteiger partial charge in [-0.3, -0.25) is 9.59 Å². The largest absolute Gasteiger partial charge is 0.416 e. The average Bonchev–Trinajstić information content (AvgIpc) is 3.15. The fourth-order valence-corrected chi connectivity index (χ4v) is 4.00. The first kappa shape index (κ1) is 25.6. The molecule has 180 valence electrons. The van der Waals surface area contributed by atoms with Gasteiger partial charge in [-0.2, -0.15) is 13.2 Å². The highest BCUT2D eigenvalue weighted by Crippen LogP contribution is 2.30. The normalized spacial score (nSPS) is 11.4. The lowest BCUT2D eigenvalue weighted by atomic mass is 10.2. The van der Waals surface area contributed by atoms with Crippen molar-refractivity contribution in [3.05, 3.63) is 64.4 Å². The minimum Gasteiger partial charge on any atom is -0.326 e. The molecule has 0 atom stereocenters. The van der Waals surface area contributed by atoms with Crippen LogP contribution in [0.25, 0.3) is 0 Å². The zero-order chi connectivity index (χ0) is 24.9. The number of nitrogens with zero attached hydrogens (tertiary/aromatic N) is 3. The quantitative estimate of drug-likeness (QED) is 0.406. The minimum atomic E-state index is -4.51. The SMILES string of the molecule is CCn1c(CC(=O)Nc2cccc(C(F)(F)F)c2)nnc1SCC(=O)Nc1ccc(C)c(Cl)c1. The van der Waals surface area contributed by atoms with Gasteiger partial charge in [-0.15, -0.1) is 10.2 Å². The summed E-state index contributed by atoms with van der Waals surface area (Å²) in [5, 5.41) is 14.2. The number of hydrogen-bond acceptors (Lipinski definition) is 5. The number of alkyl halides is 3. The maximum Gasteiger partial charge on any atom is 0.416 e. The van der Waals surface area contributed by atoms with Gasteiger partial charge in [0.25, 0.3) is 0 Å². The van der Waals surface area contributed by atoms with Gasteiger partial charge in [-0.05, 0) is 49.7 Å². The fourth-order valence-electron chi connectivity index (χ4n) is 2.99. The zero-order valence-electron chi connectivity index (χ0n) is 18.2. The molecule has 1 aromatic heterocycles. The van der Waals surface area contributed by atoms with Crippen LogP contribution in [0, 0.1) is 6.92 Å². The van der Waals surface area contributed by atoms with Crippen LogP contribution < -0.4 is 10.6 Å². The van der Waals surface area contributed by atoms with Crippen molar-refractivity contribution < 1.29 is 22.8 Å². The number of nitrogens with one attached hydrogen (secondary N) is 2. The Labute approximate surface area is 203 Å². The Bertz CT molecular complexity index is 1200. The van der Waals surface area contributed by atoms with Crippen LogP contribution in [0.5, 0.6) is 0 Å².